The summed E-state index contributed by atoms with van der Waals surface area (Å²) >= 11 is 0. The second kappa shape index (κ2) is 4.71. The number of hydrogen-bond acceptors (Lipinski definition) is 5. The van der Waals surface area contributed by atoms with Crippen LogP contribution in [0.4, 0.5) is 0 Å². The van der Waals surface area contributed by atoms with Crippen molar-refractivity contribution in [3.8, 4) is 0 Å². The SMILES string of the molecule is CC1(C)OB(COB2OC(C)(C)C(C)(C)O2)OC1(C)C. The Balaban J connectivity index is 1.87. The van der Waals surface area contributed by atoms with Crippen LogP contribution in [0.15, 0.2) is 0 Å². The van der Waals surface area contributed by atoms with Gasteiger partial charge in [0.15, 0.2) is 0 Å². The Bertz CT molecular complexity index is 313. The third-order valence-electron chi connectivity index (χ3n) is 4.90. The lowest BCUT2D eigenvalue weighted by Gasteiger charge is -2.32. The summed E-state index contributed by atoms with van der Waals surface area (Å²) in [5, 5.41) is 0. The molecule has 0 aliphatic carbocycles. The first-order valence-electron chi connectivity index (χ1n) is 7.19. The van der Waals surface area contributed by atoms with Gasteiger partial charge in [0.25, 0.3) is 0 Å². The van der Waals surface area contributed by atoms with Crippen LogP contribution in [0.5, 0.6) is 0 Å². The Hall–Kier alpha value is -0.0701. The Morgan fingerprint density at radius 2 is 1.00 bits per heavy atom. The maximum Gasteiger partial charge on any atom is 0.639 e. The van der Waals surface area contributed by atoms with Crippen LogP contribution in [-0.2, 0) is 23.3 Å². The van der Waals surface area contributed by atoms with Gasteiger partial charge in [0, 0.05) is 0 Å². The van der Waals surface area contributed by atoms with E-state index < -0.39 is 25.6 Å². The molecule has 0 saturated carbocycles. The van der Waals surface area contributed by atoms with Crippen molar-refractivity contribution in [1.82, 2.24) is 0 Å². The average Bonchev–Trinajstić information content (AvgIpc) is 2.55. The topological polar surface area (TPSA) is 46.2 Å². The lowest BCUT2D eigenvalue weighted by molar-refractivity contribution is 0.00578. The molecule has 2 aliphatic heterocycles. The molecule has 0 spiro atoms. The molecule has 0 N–H and O–H groups in total. The van der Waals surface area contributed by atoms with E-state index in [1.54, 1.807) is 0 Å². The highest BCUT2D eigenvalue weighted by atomic mass is 16.8. The zero-order valence-corrected chi connectivity index (χ0v) is 13.9. The molecule has 2 fully saturated rings. The van der Waals surface area contributed by atoms with E-state index in [1.807, 2.05) is 55.4 Å². The van der Waals surface area contributed by atoms with Crippen LogP contribution in [0.2, 0.25) is 0 Å². The maximum atomic E-state index is 5.87. The Kier molecular flexibility index (Phi) is 3.84. The molecule has 2 saturated heterocycles. The summed E-state index contributed by atoms with van der Waals surface area (Å²) in [6.45, 7) is 16.3. The van der Waals surface area contributed by atoms with E-state index in [1.165, 1.54) is 0 Å². The molecule has 0 amide bonds. The smallest absolute Gasteiger partial charge is 0.402 e. The molecule has 2 heterocycles. The van der Waals surface area contributed by atoms with E-state index in [-0.39, 0.29) is 17.7 Å². The summed E-state index contributed by atoms with van der Waals surface area (Å²) in [5.74, 6) is 0. The standard InChI is InChI=1S/C13H26B2O5/c1-10(2)11(3,4)18-14(17-10)9-16-15-19-12(5,6)13(7,8)20-15/h9H2,1-8H3. The van der Waals surface area contributed by atoms with Gasteiger partial charge in [-0.2, -0.15) is 0 Å². The average molecular weight is 284 g/mol. The largest absolute Gasteiger partial charge is 0.639 e. The van der Waals surface area contributed by atoms with Gasteiger partial charge in [0.1, 0.15) is 0 Å². The highest BCUT2D eigenvalue weighted by Gasteiger charge is 2.55. The van der Waals surface area contributed by atoms with Crippen LogP contribution in [0, 0.1) is 0 Å². The van der Waals surface area contributed by atoms with Gasteiger partial charge in [-0.15, -0.1) is 0 Å². The van der Waals surface area contributed by atoms with Crippen molar-refractivity contribution in [2.45, 2.75) is 77.8 Å². The molecule has 2 rings (SSSR count). The minimum absolute atomic E-state index is 0.281. The maximum absolute atomic E-state index is 5.87. The molecule has 0 radical (unpaired) electrons. The molecule has 0 bridgehead atoms. The molecule has 114 valence electrons. The van der Waals surface area contributed by atoms with E-state index in [9.17, 15) is 0 Å². The highest BCUT2D eigenvalue weighted by molar-refractivity contribution is 6.47. The second-order valence-electron chi connectivity index (χ2n) is 7.56. The molecule has 0 aromatic rings. The minimum Gasteiger partial charge on any atom is -0.402 e. The number of rotatable bonds is 3. The van der Waals surface area contributed by atoms with E-state index in [0.29, 0.717) is 0 Å². The third-order valence-corrected chi connectivity index (χ3v) is 4.90. The van der Waals surface area contributed by atoms with Gasteiger partial charge in [-0.25, -0.2) is 0 Å². The molecule has 5 nitrogen and oxygen atoms in total. The lowest BCUT2D eigenvalue weighted by Crippen LogP contribution is -2.41. The second-order valence-corrected chi connectivity index (χ2v) is 7.56. The Labute approximate surface area is 122 Å². The first-order valence-corrected chi connectivity index (χ1v) is 7.19. The van der Waals surface area contributed by atoms with Gasteiger partial charge in [-0.05, 0) is 55.4 Å². The van der Waals surface area contributed by atoms with Crippen molar-refractivity contribution < 1.29 is 23.3 Å². The summed E-state index contributed by atoms with van der Waals surface area (Å²) < 4.78 is 28.9. The van der Waals surface area contributed by atoms with Crippen LogP contribution < -0.4 is 0 Å². The van der Waals surface area contributed by atoms with Crippen LogP contribution in [0.3, 0.4) is 0 Å². The van der Waals surface area contributed by atoms with E-state index in [0.717, 1.165) is 0 Å². The van der Waals surface area contributed by atoms with Gasteiger partial charge in [0.2, 0.25) is 0 Å². The van der Waals surface area contributed by atoms with E-state index >= 15 is 0 Å². The van der Waals surface area contributed by atoms with Crippen molar-refractivity contribution in [2.75, 3.05) is 6.51 Å². The fourth-order valence-electron chi connectivity index (χ4n) is 2.05. The third kappa shape index (κ3) is 2.79. The summed E-state index contributed by atoms with van der Waals surface area (Å²) in [7, 11) is -1.09. The fraction of sp³-hybridized carbons (Fsp3) is 1.00. The van der Waals surface area contributed by atoms with Crippen molar-refractivity contribution in [3.63, 3.8) is 0 Å². The first kappa shape index (κ1) is 16.3. The highest BCUT2D eigenvalue weighted by Crippen LogP contribution is 2.38. The zero-order chi connectivity index (χ0) is 15.4. The normalized spacial score (nSPS) is 30.0. The van der Waals surface area contributed by atoms with Gasteiger partial charge in [0.05, 0.1) is 28.9 Å². The van der Waals surface area contributed by atoms with Crippen molar-refractivity contribution in [2.24, 2.45) is 0 Å². The first-order chi connectivity index (χ1) is 8.86. The summed E-state index contributed by atoms with van der Waals surface area (Å²) in [6.07, 6.45) is 0. The van der Waals surface area contributed by atoms with Crippen LogP contribution in [-0.4, -0.2) is 43.4 Å². The van der Waals surface area contributed by atoms with Crippen molar-refractivity contribution in [3.05, 3.63) is 0 Å². The molecule has 2 aliphatic rings. The molecule has 0 atom stereocenters. The predicted octanol–water partition coefficient (Wildman–Crippen LogP) is 2.22. The Morgan fingerprint density at radius 3 is 1.40 bits per heavy atom. The molecule has 20 heavy (non-hydrogen) atoms. The summed E-state index contributed by atoms with van der Waals surface area (Å²) in [5.41, 5.74) is -1.49. The quantitative estimate of drug-likeness (QED) is 0.744. The summed E-state index contributed by atoms with van der Waals surface area (Å²) in [4.78, 5) is 0. The van der Waals surface area contributed by atoms with Crippen LogP contribution in [0.1, 0.15) is 55.4 Å². The molecule has 0 aromatic heterocycles. The van der Waals surface area contributed by atoms with Gasteiger partial charge in [-0.1, -0.05) is 0 Å². The Morgan fingerprint density at radius 1 is 0.650 bits per heavy atom. The predicted molar refractivity (Wildman–Crippen MR) is 78.1 cm³/mol. The van der Waals surface area contributed by atoms with Gasteiger partial charge in [-0.3, -0.25) is 0 Å². The minimum atomic E-state index is -0.681. The molecule has 7 heteroatoms. The molecular formula is C13H26B2O5. The van der Waals surface area contributed by atoms with Crippen LogP contribution in [0.25, 0.3) is 0 Å². The molecular weight excluding hydrogens is 258 g/mol. The lowest BCUT2D eigenvalue weighted by atomic mass is 9.90. The fourth-order valence-corrected chi connectivity index (χ4v) is 2.05. The van der Waals surface area contributed by atoms with Gasteiger partial charge >= 0.3 is 14.4 Å². The van der Waals surface area contributed by atoms with Crippen molar-refractivity contribution in [1.29, 1.82) is 0 Å². The van der Waals surface area contributed by atoms with E-state index in [4.69, 9.17) is 23.3 Å². The van der Waals surface area contributed by atoms with Crippen LogP contribution >= 0.6 is 0 Å². The van der Waals surface area contributed by atoms with Crippen molar-refractivity contribution >= 4 is 14.4 Å². The zero-order valence-electron chi connectivity index (χ0n) is 13.9. The monoisotopic (exact) mass is 284 g/mol. The molecule has 0 unspecified atom stereocenters. The number of hydrogen-bond donors (Lipinski definition) is 0. The van der Waals surface area contributed by atoms with E-state index in [2.05, 4.69) is 0 Å². The molecule has 0 aromatic carbocycles. The van der Waals surface area contributed by atoms with Gasteiger partial charge < -0.3 is 23.3 Å². The summed E-state index contributed by atoms with van der Waals surface area (Å²) in [6, 6.07) is 0.